The number of hydrogen-bond donors (Lipinski definition) is 3. The van der Waals surface area contributed by atoms with Crippen LogP contribution in [0, 0.1) is 5.92 Å². The number of nitrogen functional groups attached to an aromatic ring is 1. The van der Waals surface area contributed by atoms with Crippen molar-refractivity contribution >= 4 is 29.1 Å². The van der Waals surface area contributed by atoms with Crippen molar-refractivity contribution < 1.29 is 14.3 Å². The lowest BCUT2D eigenvalue weighted by Crippen LogP contribution is -2.39. The average Bonchev–Trinajstić information content (AvgIpc) is 2.89. The predicted molar refractivity (Wildman–Crippen MR) is 141 cm³/mol. The van der Waals surface area contributed by atoms with Crippen LogP contribution in [0.4, 0.5) is 5.69 Å². The second-order valence-electron chi connectivity index (χ2n) is 9.11. The van der Waals surface area contributed by atoms with E-state index >= 15 is 0 Å². The molecule has 1 fully saturated rings. The number of hydrogen-bond acceptors (Lipinski definition) is 5. The normalized spacial score (nSPS) is 14.5. The Balaban J connectivity index is 1.25. The molecule has 2 aromatic rings. The fourth-order valence-corrected chi connectivity index (χ4v) is 4.53. The molecule has 0 atom stereocenters. The van der Waals surface area contributed by atoms with Crippen LogP contribution in [0.15, 0.2) is 42.5 Å². The highest BCUT2D eigenvalue weighted by Gasteiger charge is 2.21. The number of nitrogens with two attached hydrogens (primary N) is 1. The lowest BCUT2D eigenvalue weighted by atomic mass is 9.96. The van der Waals surface area contributed by atoms with Crippen LogP contribution in [0.2, 0.25) is 5.02 Å². The number of amides is 2. The standard InChI is InChI=1S/C27H37ClN4O3/c1-35-25-18-24(29)23(28)17-22(25)27(34)31-19-20-11-15-32(16-12-20)14-8-3-2-7-13-30-26(33)21-9-5-4-6-10-21/h4-6,9-10,17-18,20H,2-3,7-8,11-16,19,29H2,1H3,(H,30,33)(H,31,34). The number of ether oxygens (including phenoxy) is 1. The molecule has 0 aliphatic carbocycles. The maximum atomic E-state index is 12.6. The van der Waals surface area contributed by atoms with Gasteiger partial charge in [-0.25, -0.2) is 0 Å². The Bertz CT molecular complexity index is 962. The summed E-state index contributed by atoms with van der Waals surface area (Å²) in [6.45, 7) is 4.60. The van der Waals surface area contributed by atoms with Gasteiger partial charge in [-0.15, -0.1) is 0 Å². The molecule has 4 N–H and O–H groups in total. The SMILES string of the molecule is COc1cc(N)c(Cl)cc1C(=O)NCC1CCN(CCCCCCNC(=O)c2ccccc2)CC1. The Morgan fingerprint density at radius 3 is 2.46 bits per heavy atom. The van der Waals surface area contributed by atoms with Gasteiger partial charge in [0.2, 0.25) is 0 Å². The number of anilines is 1. The summed E-state index contributed by atoms with van der Waals surface area (Å²) in [4.78, 5) is 27.2. The number of benzene rings is 2. The zero-order chi connectivity index (χ0) is 25.0. The second-order valence-corrected chi connectivity index (χ2v) is 9.51. The number of unbranched alkanes of at least 4 members (excludes halogenated alkanes) is 3. The summed E-state index contributed by atoms with van der Waals surface area (Å²) in [5.41, 5.74) is 7.31. The smallest absolute Gasteiger partial charge is 0.255 e. The molecule has 1 aliphatic rings. The molecule has 2 amide bonds. The van der Waals surface area contributed by atoms with Crippen molar-refractivity contribution in [3.63, 3.8) is 0 Å². The van der Waals surface area contributed by atoms with Gasteiger partial charge in [0.05, 0.1) is 23.4 Å². The van der Waals surface area contributed by atoms with E-state index in [1.807, 2.05) is 30.3 Å². The molecule has 7 nitrogen and oxygen atoms in total. The molecule has 190 valence electrons. The van der Waals surface area contributed by atoms with Gasteiger partial charge in [-0.3, -0.25) is 9.59 Å². The molecule has 1 saturated heterocycles. The summed E-state index contributed by atoms with van der Waals surface area (Å²) in [7, 11) is 1.51. The first-order chi connectivity index (χ1) is 17.0. The van der Waals surface area contributed by atoms with Gasteiger partial charge >= 0.3 is 0 Å². The summed E-state index contributed by atoms with van der Waals surface area (Å²) < 4.78 is 5.28. The third kappa shape index (κ3) is 8.44. The molecule has 3 rings (SSSR count). The van der Waals surface area contributed by atoms with Gasteiger partial charge in [-0.2, -0.15) is 0 Å². The molecule has 1 aliphatic heterocycles. The minimum Gasteiger partial charge on any atom is -0.496 e. The number of carbonyl (C=O) groups is 2. The monoisotopic (exact) mass is 500 g/mol. The van der Waals surface area contributed by atoms with E-state index in [-0.39, 0.29) is 11.8 Å². The molecular weight excluding hydrogens is 464 g/mol. The van der Waals surface area contributed by atoms with E-state index in [2.05, 4.69) is 15.5 Å². The molecule has 8 heteroatoms. The van der Waals surface area contributed by atoms with Gasteiger partial charge in [0.25, 0.3) is 11.8 Å². The Kier molecular flexibility index (Phi) is 10.7. The Hall–Kier alpha value is -2.77. The zero-order valence-electron chi connectivity index (χ0n) is 20.5. The van der Waals surface area contributed by atoms with Gasteiger partial charge in [-0.05, 0) is 69.4 Å². The Morgan fingerprint density at radius 2 is 1.74 bits per heavy atom. The number of piperidine rings is 1. The fourth-order valence-electron chi connectivity index (χ4n) is 4.37. The molecule has 0 radical (unpaired) electrons. The van der Waals surface area contributed by atoms with E-state index in [0.717, 1.165) is 51.9 Å². The lowest BCUT2D eigenvalue weighted by molar-refractivity contribution is 0.0930. The van der Waals surface area contributed by atoms with Crippen molar-refractivity contribution in [1.82, 2.24) is 15.5 Å². The molecule has 1 heterocycles. The molecular formula is C27H37ClN4O3. The van der Waals surface area contributed by atoms with E-state index in [1.54, 1.807) is 12.1 Å². The molecule has 0 spiro atoms. The van der Waals surface area contributed by atoms with Crippen LogP contribution < -0.4 is 21.1 Å². The van der Waals surface area contributed by atoms with Gasteiger partial charge < -0.3 is 26.0 Å². The minimum absolute atomic E-state index is 0.000983. The topological polar surface area (TPSA) is 96.7 Å². The molecule has 2 aromatic carbocycles. The number of nitrogens with one attached hydrogen (secondary N) is 2. The number of rotatable bonds is 12. The molecule has 0 aromatic heterocycles. The summed E-state index contributed by atoms with van der Waals surface area (Å²) in [6, 6.07) is 12.5. The van der Waals surface area contributed by atoms with Crippen molar-refractivity contribution in [1.29, 1.82) is 0 Å². The Labute approximate surface area is 213 Å². The quantitative estimate of drug-likeness (QED) is 0.297. The van der Waals surface area contributed by atoms with E-state index in [9.17, 15) is 9.59 Å². The van der Waals surface area contributed by atoms with Crippen molar-refractivity contribution in [2.45, 2.75) is 38.5 Å². The van der Waals surface area contributed by atoms with Crippen LogP contribution in [0.1, 0.15) is 59.2 Å². The van der Waals surface area contributed by atoms with E-state index in [1.165, 1.54) is 20.0 Å². The number of nitrogens with zero attached hydrogens (tertiary/aromatic N) is 1. The Morgan fingerprint density at radius 1 is 1.03 bits per heavy atom. The first-order valence-corrected chi connectivity index (χ1v) is 12.8. The van der Waals surface area contributed by atoms with Gasteiger partial charge in [-0.1, -0.05) is 42.6 Å². The van der Waals surface area contributed by atoms with E-state index in [0.29, 0.717) is 40.0 Å². The minimum atomic E-state index is -0.189. The maximum Gasteiger partial charge on any atom is 0.255 e. The van der Waals surface area contributed by atoms with Crippen LogP contribution in [0.25, 0.3) is 0 Å². The van der Waals surface area contributed by atoms with Gasteiger partial charge in [0.15, 0.2) is 0 Å². The third-order valence-electron chi connectivity index (χ3n) is 6.54. The second kappa shape index (κ2) is 14.0. The lowest BCUT2D eigenvalue weighted by Gasteiger charge is -2.32. The van der Waals surface area contributed by atoms with Crippen molar-refractivity contribution in [3.05, 3.63) is 58.6 Å². The van der Waals surface area contributed by atoms with E-state index in [4.69, 9.17) is 22.1 Å². The molecule has 35 heavy (non-hydrogen) atoms. The van der Waals surface area contributed by atoms with Crippen LogP contribution in [0.5, 0.6) is 5.75 Å². The average molecular weight is 501 g/mol. The van der Waals surface area contributed by atoms with Gasteiger partial charge in [0.1, 0.15) is 5.75 Å². The van der Waals surface area contributed by atoms with Gasteiger partial charge in [0, 0.05) is 24.7 Å². The zero-order valence-corrected chi connectivity index (χ0v) is 21.3. The summed E-state index contributed by atoms with van der Waals surface area (Å²) in [6.07, 6.45) is 6.62. The predicted octanol–water partition coefficient (Wildman–Crippen LogP) is 4.36. The fraction of sp³-hybridized carbons (Fsp3) is 0.481. The highest BCUT2D eigenvalue weighted by Crippen LogP contribution is 2.29. The van der Waals surface area contributed by atoms with E-state index < -0.39 is 0 Å². The van der Waals surface area contributed by atoms with Crippen LogP contribution >= 0.6 is 11.6 Å². The van der Waals surface area contributed by atoms with Crippen molar-refractivity contribution in [3.8, 4) is 5.75 Å². The number of methoxy groups -OCH3 is 1. The molecule has 0 bridgehead atoms. The highest BCUT2D eigenvalue weighted by molar-refractivity contribution is 6.33. The molecule has 0 unspecified atom stereocenters. The van der Waals surface area contributed by atoms with Crippen molar-refractivity contribution in [2.24, 2.45) is 5.92 Å². The third-order valence-corrected chi connectivity index (χ3v) is 6.87. The summed E-state index contributed by atoms with van der Waals surface area (Å²) >= 11 is 6.08. The maximum absolute atomic E-state index is 12.6. The summed E-state index contributed by atoms with van der Waals surface area (Å²) in [5, 5.41) is 6.36. The van der Waals surface area contributed by atoms with Crippen LogP contribution in [-0.2, 0) is 0 Å². The first-order valence-electron chi connectivity index (χ1n) is 12.4. The summed E-state index contributed by atoms with van der Waals surface area (Å²) in [5.74, 6) is 0.712. The number of halogens is 1. The molecule has 0 saturated carbocycles. The largest absolute Gasteiger partial charge is 0.496 e. The van der Waals surface area contributed by atoms with Crippen molar-refractivity contribution in [2.75, 3.05) is 45.6 Å². The highest BCUT2D eigenvalue weighted by atomic mass is 35.5. The van der Waals surface area contributed by atoms with Crippen LogP contribution in [-0.4, -0.2) is 56.5 Å². The van der Waals surface area contributed by atoms with Crippen LogP contribution in [0.3, 0.4) is 0 Å². The first kappa shape index (κ1) is 26.8. The number of likely N-dealkylation sites (tertiary alicyclic amines) is 1. The number of carbonyl (C=O) groups excluding carboxylic acids is 2.